The number of fused-ring (bicyclic) bond motifs is 4. The number of phenols is 3. The van der Waals surface area contributed by atoms with Crippen molar-refractivity contribution in [3.63, 3.8) is 0 Å². The predicted octanol–water partition coefficient (Wildman–Crippen LogP) is 2.47. The molecule has 1 aromatic heterocycles. The van der Waals surface area contributed by atoms with Gasteiger partial charge in [0.1, 0.15) is 17.9 Å². The summed E-state index contributed by atoms with van der Waals surface area (Å²) in [4.78, 5) is 12.5. The van der Waals surface area contributed by atoms with E-state index in [1.807, 2.05) is 0 Å². The highest BCUT2D eigenvalue weighted by Crippen LogP contribution is 2.42. The van der Waals surface area contributed by atoms with Gasteiger partial charge in [-0.25, -0.2) is 0 Å². The molecular weight excluding hydrogens is 288 g/mol. The topological polar surface area (TPSA) is 100 Å². The molecule has 0 fully saturated rings. The Bertz CT molecular complexity index is 986. The van der Waals surface area contributed by atoms with Gasteiger partial charge in [-0.1, -0.05) is 0 Å². The minimum absolute atomic E-state index is 0.0268. The monoisotopic (exact) mass is 298 g/mol. The lowest BCUT2D eigenvalue weighted by molar-refractivity contribution is 0.288. The van der Waals surface area contributed by atoms with Crippen LogP contribution in [0.5, 0.6) is 23.0 Å². The lowest BCUT2D eigenvalue weighted by Gasteiger charge is -2.20. The highest BCUT2D eigenvalue weighted by Gasteiger charge is 2.26. The molecule has 1 aliphatic rings. The Kier molecular flexibility index (Phi) is 2.39. The van der Waals surface area contributed by atoms with E-state index in [9.17, 15) is 20.1 Å². The summed E-state index contributed by atoms with van der Waals surface area (Å²) < 4.78 is 11.1. The summed E-state index contributed by atoms with van der Waals surface area (Å²) in [6.45, 7) is 0.0878. The molecule has 0 saturated carbocycles. The van der Waals surface area contributed by atoms with Gasteiger partial charge in [-0.15, -0.1) is 0 Å². The fourth-order valence-corrected chi connectivity index (χ4v) is 2.57. The summed E-state index contributed by atoms with van der Waals surface area (Å²) in [5, 5.41) is 29.1. The van der Waals surface area contributed by atoms with Crippen LogP contribution in [0, 0.1) is 0 Å². The maximum Gasteiger partial charge on any atom is 0.235 e. The number of ether oxygens (including phenoxy) is 1. The Morgan fingerprint density at radius 1 is 1.00 bits per heavy atom. The third-order valence-corrected chi connectivity index (χ3v) is 3.65. The van der Waals surface area contributed by atoms with Crippen LogP contribution < -0.4 is 10.2 Å². The Labute approximate surface area is 123 Å². The summed E-state index contributed by atoms with van der Waals surface area (Å²) >= 11 is 0. The van der Waals surface area contributed by atoms with Crippen molar-refractivity contribution in [3.05, 3.63) is 46.1 Å². The zero-order valence-corrected chi connectivity index (χ0v) is 11.2. The van der Waals surface area contributed by atoms with Crippen LogP contribution in [0.4, 0.5) is 0 Å². The normalized spacial score (nSPS) is 12.5. The Balaban J connectivity index is 2.10. The molecule has 4 rings (SSSR count). The maximum atomic E-state index is 12.5. The highest BCUT2D eigenvalue weighted by atomic mass is 16.5. The number of benzene rings is 2. The van der Waals surface area contributed by atoms with E-state index in [0.717, 1.165) is 0 Å². The molecule has 22 heavy (non-hydrogen) atoms. The van der Waals surface area contributed by atoms with Crippen molar-refractivity contribution in [2.24, 2.45) is 0 Å². The molecule has 2 aromatic carbocycles. The van der Waals surface area contributed by atoms with Crippen LogP contribution in [0.25, 0.3) is 22.3 Å². The van der Waals surface area contributed by atoms with Crippen molar-refractivity contribution in [1.82, 2.24) is 0 Å². The van der Waals surface area contributed by atoms with Crippen molar-refractivity contribution in [2.75, 3.05) is 0 Å². The van der Waals surface area contributed by atoms with Gasteiger partial charge in [0, 0.05) is 17.2 Å². The van der Waals surface area contributed by atoms with Crippen molar-refractivity contribution in [2.45, 2.75) is 6.61 Å². The van der Waals surface area contributed by atoms with Crippen molar-refractivity contribution >= 4 is 11.0 Å². The molecule has 2 heterocycles. The molecule has 0 atom stereocenters. The molecule has 0 bridgehead atoms. The fourth-order valence-electron chi connectivity index (χ4n) is 2.57. The van der Waals surface area contributed by atoms with Crippen LogP contribution in [0.3, 0.4) is 0 Å². The largest absolute Gasteiger partial charge is 0.508 e. The smallest absolute Gasteiger partial charge is 0.235 e. The summed E-state index contributed by atoms with van der Waals surface area (Å²) in [7, 11) is 0. The van der Waals surface area contributed by atoms with E-state index in [4.69, 9.17) is 9.15 Å². The summed E-state index contributed by atoms with van der Waals surface area (Å²) in [6, 6.07) is 6.88. The van der Waals surface area contributed by atoms with Gasteiger partial charge in [0.2, 0.25) is 11.2 Å². The summed E-state index contributed by atoms with van der Waals surface area (Å²) in [6.07, 6.45) is 0. The number of hydrogen-bond donors (Lipinski definition) is 3. The average Bonchev–Trinajstić information content (AvgIpc) is 2.48. The molecule has 1 aliphatic heterocycles. The Hall–Kier alpha value is -3.15. The summed E-state index contributed by atoms with van der Waals surface area (Å²) in [5.74, 6) is -0.395. The van der Waals surface area contributed by atoms with Gasteiger partial charge >= 0.3 is 0 Å². The molecule has 3 N–H and O–H groups in total. The van der Waals surface area contributed by atoms with Crippen LogP contribution in [0.15, 0.2) is 39.5 Å². The second-order valence-corrected chi connectivity index (χ2v) is 5.06. The third kappa shape index (κ3) is 1.64. The molecule has 0 unspecified atom stereocenters. The molecule has 110 valence electrons. The van der Waals surface area contributed by atoms with Crippen LogP contribution in [-0.4, -0.2) is 15.3 Å². The molecule has 0 saturated heterocycles. The van der Waals surface area contributed by atoms with Crippen molar-refractivity contribution < 1.29 is 24.5 Å². The number of phenolic OH excluding ortho intramolecular Hbond substituents is 3. The number of aromatic hydroxyl groups is 3. The van der Waals surface area contributed by atoms with Gasteiger partial charge in [0.05, 0.1) is 5.39 Å². The van der Waals surface area contributed by atoms with E-state index < -0.39 is 0 Å². The van der Waals surface area contributed by atoms with Crippen LogP contribution in [0.2, 0.25) is 0 Å². The van der Waals surface area contributed by atoms with Crippen molar-refractivity contribution in [1.29, 1.82) is 0 Å². The van der Waals surface area contributed by atoms with E-state index in [1.54, 1.807) is 0 Å². The van der Waals surface area contributed by atoms with E-state index in [1.165, 1.54) is 30.3 Å². The average molecular weight is 298 g/mol. The van der Waals surface area contributed by atoms with Crippen molar-refractivity contribution in [3.8, 4) is 34.3 Å². The van der Waals surface area contributed by atoms with E-state index in [0.29, 0.717) is 16.5 Å². The second kappa shape index (κ2) is 4.17. The quantitative estimate of drug-likeness (QED) is 0.551. The SMILES string of the molecule is O=c1c2c(oc3cc(O)ccc13)-c1cc(O)c(O)cc1CO2. The molecule has 6 nitrogen and oxygen atoms in total. The molecule has 6 heteroatoms. The van der Waals surface area contributed by atoms with Gasteiger partial charge in [0.15, 0.2) is 17.3 Å². The zero-order valence-electron chi connectivity index (χ0n) is 11.2. The molecule has 0 aliphatic carbocycles. The lowest BCUT2D eigenvalue weighted by atomic mass is 10.0. The predicted molar refractivity (Wildman–Crippen MR) is 77.2 cm³/mol. The highest BCUT2D eigenvalue weighted by molar-refractivity contribution is 5.84. The minimum atomic E-state index is -0.352. The van der Waals surface area contributed by atoms with E-state index >= 15 is 0 Å². The number of rotatable bonds is 0. The molecule has 3 aromatic rings. The molecule has 0 amide bonds. The fraction of sp³-hybridized carbons (Fsp3) is 0.0625. The maximum absolute atomic E-state index is 12.5. The Morgan fingerprint density at radius 2 is 1.77 bits per heavy atom. The molecular formula is C16H10O6. The van der Waals surface area contributed by atoms with Gasteiger partial charge in [-0.3, -0.25) is 4.79 Å². The zero-order chi connectivity index (χ0) is 15.4. The van der Waals surface area contributed by atoms with Gasteiger partial charge < -0.3 is 24.5 Å². The van der Waals surface area contributed by atoms with E-state index in [-0.39, 0.29) is 46.4 Å². The van der Waals surface area contributed by atoms with Crippen LogP contribution in [0.1, 0.15) is 5.56 Å². The first-order chi connectivity index (χ1) is 10.5. The first-order valence-corrected chi connectivity index (χ1v) is 6.52. The first kappa shape index (κ1) is 12.6. The lowest BCUT2D eigenvalue weighted by Crippen LogP contribution is -2.14. The standard InChI is InChI=1S/C16H10O6/c17-8-1-2-9-13(4-8)22-15-10-5-12(19)11(18)3-7(10)6-21-16(15)14(9)20/h1-5,17-19H,6H2. The second-order valence-electron chi connectivity index (χ2n) is 5.06. The minimum Gasteiger partial charge on any atom is -0.508 e. The third-order valence-electron chi connectivity index (χ3n) is 3.65. The van der Waals surface area contributed by atoms with E-state index in [2.05, 4.69) is 0 Å². The van der Waals surface area contributed by atoms with Crippen LogP contribution in [-0.2, 0) is 6.61 Å². The summed E-state index contributed by atoms with van der Waals surface area (Å²) in [5.41, 5.74) is 0.923. The number of hydrogen-bond acceptors (Lipinski definition) is 6. The molecule has 0 radical (unpaired) electrons. The Morgan fingerprint density at radius 3 is 2.59 bits per heavy atom. The van der Waals surface area contributed by atoms with Gasteiger partial charge in [-0.2, -0.15) is 0 Å². The van der Waals surface area contributed by atoms with Gasteiger partial charge in [-0.05, 0) is 24.3 Å². The van der Waals surface area contributed by atoms with Crippen LogP contribution >= 0.6 is 0 Å². The molecule has 0 spiro atoms. The van der Waals surface area contributed by atoms with Gasteiger partial charge in [0.25, 0.3) is 0 Å². The first-order valence-electron chi connectivity index (χ1n) is 6.52.